The zero-order valence-electron chi connectivity index (χ0n) is 9.60. The fourth-order valence-corrected chi connectivity index (χ4v) is 2.98. The van der Waals surface area contributed by atoms with Gasteiger partial charge in [-0.05, 0) is 31.0 Å². The molecule has 0 aliphatic carbocycles. The quantitative estimate of drug-likeness (QED) is 0.928. The van der Waals surface area contributed by atoms with Crippen molar-refractivity contribution in [3.05, 3.63) is 34.3 Å². The standard InChI is InChI=1S/C13H16BrNO2/c14-11-5-2-1-4-10(11)12-6-3-8-15(12)9-7-13(16)17/h1-2,4-5,12H,3,6-9H2,(H,16,17)/t12-/m0/s1. The summed E-state index contributed by atoms with van der Waals surface area (Å²) in [4.78, 5) is 12.9. The molecule has 1 N–H and O–H groups in total. The molecule has 4 heteroatoms. The highest BCUT2D eigenvalue weighted by atomic mass is 79.9. The lowest BCUT2D eigenvalue weighted by atomic mass is 10.0. The van der Waals surface area contributed by atoms with E-state index in [0.29, 0.717) is 12.6 Å². The number of hydrogen-bond acceptors (Lipinski definition) is 2. The largest absolute Gasteiger partial charge is 0.481 e. The molecular weight excluding hydrogens is 282 g/mol. The maximum absolute atomic E-state index is 10.6. The molecule has 1 fully saturated rings. The van der Waals surface area contributed by atoms with Crippen LogP contribution < -0.4 is 0 Å². The highest BCUT2D eigenvalue weighted by Crippen LogP contribution is 2.35. The lowest BCUT2D eigenvalue weighted by Crippen LogP contribution is -2.26. The highest BCUT2D eigenvalue weighted by molar-refractivity contribution is 9.10. The Hall–Kier alpha value is -0.870. The first-order valence-corrected chi connectivity index (χ1v) is 6.68. The van der Waals surface area contributed by atoms with Crippen molar-refractivity contribution in [3.8, 4) is 0 Å². The van der Waals surface area contributed by atoms with Crippen molar-refractivity contribution in [3.63, 3.8) is 0 Å². The average molecular weight is 298 g/mol. The number of rotatable bonds is 4. The topological polar surface area (TPSA) is 40.5 Å². The fourth-order valence-electron chi connectivity index (χ4n) is 2.43. The van der Waals surface area contributed by atoms with Crippen LogP contribution >= 0.6 is 15.9 Å². The van der Waals surface area contributed by atoms with Crippen LogP contribution in [0.1, 0.15) is 30.9 Å². The Morgan fingerprint density at radius 2 is 2.24 bits per heavy atom. The third-order valence-electron chi connectivity index (χ3n) is 3.24. The number of hydrogen-bond donors (Lipinski definition) is 1. The van der Waals surface area contributed by atoms with Gasteiger partial charge in [0.15, 0.2) is 0 Å². The Kier molecular flexibility index (Phi) is 4.18. The molecule has 0 radical (unpaired) electrons. The molecule has 1 aliphatic heterocycles. The molecule has 0 aromatic heterocycles. The van der Waals surface area contributed by atoms with E-state index in [4.69, 9.17) is 5.11 Å². The Morgan fingerprint density at radius 3 is 2.94 bits per heavy atom. The summed E-state index contributed by atoms with van der Waals surface area (Å²) in [5.74, 6) is -0.720. The Balaban J connectivity index is 2.09. The molecule has 1 atom stereocenters. The van der Waals surface area contributed by atoms with Gasteiger partial charge in [0.1, 0.15) is 0 Å². The molecule has 1 aliphatic rings. The number of benzene rings is 1. The molecular formula is C13H16BrNO2. The van der Waals surface area contributed by atoms with Gasteiger partial charge in [0, 0.05) is 17.1 Å². The number of carboxylic acid groups (broad SMARTS) is 1. The van der Waals surface area contributed by atoms with Crippen LogP contribution in [0.25, 0.3) is 0 Å². The SMILES string of the molecule is O=C(O)CCN1CCC[C@H]1c1ccccc1Br. The summed E-state index contributed by atoms with van der Waals surface area (Å²) in [7, 11) is 0. The number of nitrogens with zero attached hydrogens (tertiary/aromatic N) is 1. The zero-order valence-corrected chi connectivity index (χ0v) is 11.2. The van der Waals surface area contributed by atoms with Crippen LogP contribution in [0.3, 0.4) is 0 Å². The minimum atomic E-state index is -0.720. The molecule has 0 saturated carbocycles. The van der Waals surface area contributed by atoms with E-state index < -0.39 is 5.97 Å². The van der Waals surface area contributed by atoms with E-state index in [2.05, 4.69) is 26.9 Å². The van der Waals surface area contributed by atoms with Crippen molar-refractivity contribution in [1.82, 2.24) is 4.90 Å². The number of likely N-dealkylation sites (tertiary alicyclic amines) is 1. The van der Waals surface area contributed by atoms with Gasteiger partial charge in [-0.15, -0.1) is 0 Å². The first-order valence-electron chi connectivity index (χ1n) is 5.89. The molecule has 0 amide bonds. The Labute approximate surface area is 110 Å². The monoisotopic (exact) mass is 297 g/mol. The molecule has 17 heavy (non-hydrogen) atoms. The summed E-state index contributed by atoms with van der Waals surface area (Å²) in [5, 5.41) is 8.75. The van der Waals surface area contributed by atoms with E-state index in [1.807, 2.05) is 18.2 Å². The van der Waals surface area contributed by atoms with Gasteiger partial charge < -0.3 is 5.11 Å². The number of carboxylic acids is 1. The van der Waals surface area contributed by atoms with Crippen LogP contribution in [0.15, 0.2) is 28.7 Å². The summed E-state index contributed by atoms with van der Waals surface area (Å²) in [6.45, 7) is 1.64. The van der Waals surface area contributed by atoms with Crippen molar-refractivity contribution < 1.29 is 9.90 Å². The average Bonchev–Trinajstić information content (AvgIpc) is 2.75. The van der Waals surface area contributed by atoms with Crippen LogP contribution in [0.4, 0.5) is 0 Å². The Morgan fingerprint density at radius 1 is 1.47 bits per heavy atom. The van der Waals surface area contributed by atoms with Crippen molar-refractivity contribution in [1.29, 1.82) is 0 Å². The van der Waals surface area contributed by atoms with E-state index in [1.54, 1.807) is 0 Å². The van der Waals surface area contributed by atoms with Gasteiger partial charge >= 0.3 is 5.97 Å². The van der Waals surface area contributed by atoms with Gasteiger partial charge in [-0.3, -0.25) is 9.69 Å². The van der Waals surface area contributed by atoms with E-state index >= 15 is 0 Å². The summed E-state index contributed by atoms with van der Waals surface area (Å²) in [5.41, 5.74) is 1.27. The smallest absolute Gasteiger partial charge is 0.304 e. The third kappa shape index (κ3) is 3.07. The fraction of sp³-hybridized carbons (Fsp3) is 0.462. The van der Waals surface area contributed by atoms with Crippen LogP contribution in [0.2, 0.25) is 0 Å². The summed E-state index contributed by atoms with van der Waals surface area (Å²) in [6, 6.07) is 8.57. The second-order valence-corrected chi connectivity index (χ2v) is 5.21. The van der Waals surface area contributed by atoms with E-state index in [0.717, 1.165) is 23.9 Å². The van der Waals surface area contributed by atoms with Gasteiger partial charge in [-0.2, -0.15) is 0 Å². The normalized spacial score (nSPS) is 20.6. The second kappa shape index (κ2) is 5.65. The predicted octanol–water partition coefficient (Wildman–Crippen LogP) is 3.06. The molecule has 0 unspecified atom stereocenters. The summed E-state index contributed by atoms with van der Waals surface area (Å²) < 4.78 is 1.12. The van der Waals surface area contributed by atoms with Crippen LogP contribution in [-0.2, 0) is 4.79 Å². The molecule has 2 rings (SSSR count). The molecule has 1 aromatic carbocycles. The van der Waals surface area contributed by atoms with Crippen molar-refractivity contribution in [2.24, 2.45) is 0 Å². The maximum Gasteiger partial charge on any atom is 0.304 e. The number of halogens is 1. The highest BCUT2D eigenvalue weighted by Gasteiger charge is 2.27. The van der Waals surface area contributed by atoms with Gasteiger partial charge in [-0.25, -0.2) is 0 Å². The number of carbonyl (C=O) groups is 1. The van der Waals surface area contributed by atoms with E-state index in [9.17, 15) is 4.79 Å². The summed E-state index contributed by atoms with van der Waals surface area (Å²) >= 11 is 3.57. The molecule has 0 spiro atoms. The van der Waals surface area contributed by atoms with Crippen molar-refractivity contribution in [2.45, 2.75) is 25.3 Å². The van der Waals surface area contributed by atoms with Gasteiger partial charge in [0.2, 0.25) is 0 Å². The minimum absolute atomic E-state index is 0.223. The third-order valence-corrected chi connectivity index (χ3v) is 3.96. The minimum Gasteiger partial charge on any atom is -0.481 e. The van der Waals surface area contributed by atoms with E-state index in [-0.39, 0.29) is 6.42 Å². The molecule has 1 heterocycles. The first-order chi connectivity index (χ1) is 8.18. The molecule has 3 nitrogen and oxygen atoms in total. The number of aliphatic carboxylic acids is 1. The summed E-state index contributed by atoms with van der Waals surface area (Å²) in [6.07, 6.45) is 2.48. The first kappa shape index (κ1) is 12.6. The lowest BCUT2D eigenvalue weighted by Gasteiger charge is -2.24. The zero-order chi connectivity index (χ0) is 12.3. The van der Waals surface area contributed by atoms with Gasteiger partial charge in [-0.1, -0.05) is 34.1 Å². The lowest BCUT2D eigenvalue weighted by molar-refractivity contribution is -0.137. The molecule has 1 aromatic rings. The van der Waals surface area contributed by atoms with Gasteiger partial charge in [0.25, 0.3) is 0 Å². The van der Waals surface area contributed by atoms with Crippen molar-refractivity contribution in [2.75, 3.05) is 13.1 Å². The molecule has 92 valence electrons. The Bertz CT molecular complexity index is 408. The van der Waals surface area contributed by atoms with Crippen LogP contribution in [0.5, 0.6) is 0 Å². The second-order valence-electron chi connectivity index (χ2n) is 4.36. The van der Waals surface area contributed by atoms with Crippen LogP contribution in [0, 0.1) is 0 Å². The molecule has 1 saturated heterocycles. The maximum atomic E-state index is 10.6. The van der Waals surface area contributed by atoms with E-state index in [1.165, 1.54) is 5.56 Å². The van der Waals surface area contributed by atoms with Crippen LogP contribution in [-0.4, -0.2) is 29.1 Å². The van der Waals surface area contributed by atoms with Crippen molar-refractivity contribution >= 4 is 21.9 Å². The van der Waals surface area contributed by atoms with Gasteiger partial charge in [0.05, 0.1) is 6.42 Å². The molecule has 0 bridgehead atoms. The predicted molar refractivity (Wildman–Crippen MR) is 69.9 cm³/mol.